The van der Waals surface area contributed by atoms with Gasteiger partial charge in [-0.15, -0.1) is 0 Å². The Hall–Kier alpha value is -2.30. The van der Waals surface area contributed by atoms with Gasteiger partial charge in [0.15, 0.2) is 5.76 Å². The van der Waals surface area contributed by atoms with Crippen LogP contribution in [0.2, 0.25) is 0 Å². The highest BCUT2D eigenvalue weighted by Gasteiger charge is 2.30. The number of carbonyl (C=O) groups is 1. The van der Waals surface area contributed by atoms with Crippen LogP contribution in [0.1, 0.15) is 16.1 Å². The van der Waals surface area contributed by atoms with Crippen LogP contribution >= 0.6 is 0 Å². The molecule has 0 atom stereocenters. The van der Waals surface area contributed by atoms with Crippen LogP contribution < -0.4 is 5.32 Å². The Morgan fingerprint density at radius 1 is 1.12 bits per heavy atom. The van der Waals surface area contributed by atoms with E-state index in [0.717, 1.165) is 12.1 Å². The van der Waals surface area contributed by atoms with Crippen LogP contribution in [0.3, 0.4) is 0 Å². The average molecular weight is 386 g/mol. The van der Waals surface area contributed by atoms with Gasteiger partial charge in [0, 0.05) is 25.2 Å². The van der Waals surface area contributed by atoms with Crippen LogP contribution in [0.25, 0.3) is 0 Å². The number of hydrogen-bond donors (Lipinski definition) is 1. The first kappa shape index (κ1) is 18.5. The smallest absolute Gasteiger partial charge is 0.287 e. The molecule has 0 bridgehead atoms. The fraction of sp³-hybridized carbons (Fsp3) is 0.312. The second kappa shape index (κ2) is 7.52. The summed E-state index contributed by atoms with van der Waals surface area (Å²) in [4.78, 5) is 12.1. The predicted molar refractivity (Wildman–Crippen MR) is 85.8 cm³/mol. The van der Waals surface area contributed by atoms with Gasteiger partial charge in [-0.25, -0.2) is 17.2 Å². The van der Waals surface area contributed by atoms with Crippen molar-refractivity contribution in [2.24, 2.45) is 0 Å². The van der Waals surface area contributed by atoms with E-state index in [1.165, 1.54) is 22.5 Å². The zero-order chi connectivity index (χ0) is 18.7. The molecule has 1 aromatic carbocycles. The number of amides is 1. The average Bonchev–Trinajstić information content (AvgIpc) is 3.13. The zero-order valence-corrected chi connectivity index (χ0v) is 14.4. The van der Waals surface area contributed by atoms with Crippen LogP contribution in [0.5, 0.6) is 0 Å². The summed E-state index contributed by atoms with van der Waals surface area (Å²) in [7, 11) is -3.87. The lowest BCUT2D eigenvalue weighted by atomic mass is 10.2. The molecule has 140 valence electrons. The van der Waals surface area contributed by atoms with Gasteiger partial charge in [0.2, 0.25) is 5.09 Å². The van der Waals surface area contributed by atoms with Crippen molar-refractivity contribution in [1.29, 1.82) is 0 Å². The summed E-state index contributed by atoms with van der Waals surface area (Å²) in [6, 6.07) is 5.73. The molecule has 0 radical (unpaired) electrons. The van der Waals surface area contributed by atoms with Crippen LogP contribution in [0, 0.1) is 11.6 Å². The summed E-state index contributed by atoms with van der Waals surface area (Å²) in [6.45, 7) is 0.542. The number of ether oxygens (including phenoxy) is 1. The van der Waals surface area contributed by atoms with E-state index in [4.69, 9.17) is 9.15 Å². The standard InChI is InChI=1S/C16H16F2N2O5S/c17-12-2-1-3-13(18)11(12)10-19-16(21)14-4-5-15(25-14)26(22,23)20-6-8-24-9-7-20/h1-5H,6-10H2,(H,19,21). The Kier molecular flexibility index (Phi) is 5.35. The lowest BCUT2D eigenvalue weighted by Gasteiger charge is -2.24. The number of furan rings is 1. The number of rotatable bonds is 5. The Morgan fingerprint density at radius 3 is 2.42 bits per heavy atom. The topological polar surface area (TPSA) is 88.9 Å². The van der Waals surface area contributed by atoms with Crippen molar-refractivity contribution in [3.8, 4) is 0 Å². The molecule has 2 heterocycles. The van der Waals surface area contributed by atoms with Gasteiger partial charge in [0.25, 0.3) is 15.9 Å². The lowest BCUT2D eigenvalue weighted by Crippen LogP contribution is -2.40. The van der Waals surface area contributed by atoms with Gasteiger partial charge in [0.05, 0.1) is 13.2 Å². The Bertz CT molecular complexity index is 887. The molecule has 0 aliphatic carbocycles. The molecule has 1 aliphatic rings. The number of benzene rings is 1. The molecule has 26 heavy (non-hydrogen) atoms. The number of hydrogen-bond acceptors (Lipinski definition) is 5. The Balaban J connectivity index is 1.70. The second-order valence-electron chi connectivity index (χ2n) is 5.52. The summed E-state index contributed by atoms with van der Waals surface area (Å²) >= 11 is 0. The molecular weight excluding hydrogens is 370 g/mol. The largest absolute Gasteiger partial charge is 0.438 e. The van der Waals surface area contributed by atoms with E-state index in [1.807, 2.05) is 0 Å². The summed E-state index contributed by atoms with van der Waals surface area (Å²) in [6.07, 6.45) is 0. The first-order valence-corrected chi connectivity index (χ1v) is 9.22. The number of nitrogens with zero attached hydrogens (tertiary/aromatic N) is 1. The van der Waals surface area contributed by atoms with Gasteiger partial charge in [-0.05, 0) is 24.3 Å². The second-order valence-corrected chi connectivity index (χ2v) is 7.39. The lowest BCUT2D eigenvalue weighted by molar-refractivity contribution is 0.0722. The summed E-state index contributed by atoms with van der Waals surface area (Å²) in [5.74, 6) is -2.63. The molecule has 2 aromatic rings. The van der Waals surface area contributed by atoms with E-state index in [2.05, 4.69) is 5.32 Å². The minimum atomic E-state index is -3.87. The first-order valence-electron chi connectivity index (χ1n) is 7.78. The molecule has 1 saturated heterocycles. The maximum absolute atomic E-state index is 13.6. The highest BCUT2D eigenvalue weighted by molar-refractivity contribution is 7.89. The molecule has 1 aromatic heterocycles. The number of halogens is 2. The third-order valence-corrected chi connectivity index (χ3v) is 5.63. The predicted octanol–water partition coefficient (Wildman–Crippen LogP) is 1.51. The molecular formula is C16H16F2N2O5S. The third-order valence-electron chi connectivity index (χ3n) is 3.86. The van der Waals surface area contributed by atoms with Crippen LogP contribution in [-0.2, 0) is 21.3 Å². The van der Waals surface area contributed by atoms with Crippen molar-refractivity contribution in [3.63, 3.8) is 0 Å². The molecule has 1 aliphatic heterocycles. The van der Waals surface area contributed by atoms with Crippen molar-refractivity contribution < 1.29 is 31.1 Å². The number of morpholine rings is 1. The van der Waals surface area contributed by atoms with Crippen LogP contribution in [0.4, 0.5) is 8.78 Å². The number of nitrogens with one attached hydrogen (secondary N) is 1. The van der Waals surface area contributed by atoms with E-state index in [0.29, 0.717) is 0 Å². The number of sulfonamides is 1. The molecule has 1 fully saturated rings. The highest BCUT2D eigenvalue weighted by Crippen LogP contribution is 2.20. The van der Waals surface area contributed by atoms with Gasteiger partial charge in [0.1, 0.15) is 11.6 Å². The van der Waals surface area contributed by atoms with Gasteiger partial charge >= 0.3 is 0 Å². The van der Waals surface area contributed by atoms with Crippen molar-refractivity contribution in [2.45, 2.75) is 11.6 Å². The van der Waals surface area contributed by atoms with E-state index >= 15 is 0 Å². The maximum Gasteiger partial charge on any atom is 0.287 e. The summed E-state index contributed by atoms with van der Waals surface area (Å²) < 4.78 is 63.4. The van der Waals surface area contributed by atoms with Gasteiger partial charge in [-0.2, -0.15) is 4.31 Å². The van der Waals surface area contributed by atoms with Crippen LogP contribution in [0.15, 0.2) is 39.8 Å². The fourth-order valence-corrected chi connectivity index (χ4v) is 3.77. The highest BCUT2D eigenvalue weighted by atomic mass is 32.2. The Morgan fingerprint density at radius 2 is 1.77 bits per heavy atom. The van der Waals surface area contributed by atoms with Gasteiger partial charge in [-0.3, -0.25) is 4.79 Å². The molecule has 0 saturated carbocycles. The molecule has 1 amide bonds. The minimum absolute atomic E-state index is 0.192. The van der Waals surface area contributed by atoms with E-state index in [9.17, 15) is 22.0 Å². The molecule has 3 rings (SSSR count). The molecule has 1 N–H and O–H groups in total. The first-order chi connectivity index (χ1) is 12.4. The van der Waals surface area contributed by atoms with Gasteiger partial charge in [-0.1, -0.05) is 6.07 Å². The van der Waals surface area contributed by atoms with Crippen LogP contribution in [-0.4, -0.2) is 44.9 Å². The third kappa shape index (κ3) is 3.76. The van der Waals surface area contributed by atoms with Crippen molar-refractivity contribution in [2.75, 3.05) is 26.3 Å². The molecule has 10 heteroatoms. The molecule has 7 nitrogen and oxygen atoms in total. The van der Waals surface area contributed by atoms with Crippen molar-refractivity contribution in [3.05, 3.63) is 53.3 Å². The summed E-state index contributed by atoms with van der Waals surface area (Å²) in [5, 5.41) is 1.93. The van der Waals surface area contributed by atoms with E-state index < -0.39 is 34.1 Å². The Labute approximate surface area is 148 Å². The fourth-order valence-electron chi connectivity index (χ4n) is 2.45. The SMILES string of the molecule is O=C(NCc1c(F)cccc1F)c1ccc(S(=O)(=O)N2CCOCC2)o1. The van der Waals surface area contributed by atoms with Crippen molar-refractivity contribution in [1.82, 2.24) is 9.62 Å². The minimum Gasteiger partial charge on any atom is -0.438 e. The maximum atomic E-state index is 13.6. The monoisotopic (exact) mass is 386 g/mol. The molecule has 0 unspecified atom stereocenters. The zero-order valence-electron chi connectivity index (χ0n) is 13.6. The van der Waals surface area contributed by atoms with Crippen molar-refractivity contribution >= 4 is 15.9 Å². The molecule has 0 spiro atoms. The summed E-state index contributed by atoms with van der Waals surface area (Å²) in [5.41, 5.74) is -0.298. The normalized spacial score (nSPS) is 15.8. The van der Waals surface area contributed by atoms with E-state index in [1.54, 1.807) is 0 Å². The number of carbonyl (C=O) groups excluding carboxylic acids is 1. The van der Waals surface area contributed by atoms with Gasteiger partial charge < -0.3 is 14.5 Å². The quantitative estimate of drug-likeness (QED) is 0.842. The van der Waals surface area contributed by atoms with E-state index in [-0.39, 0.29) is 42.7 Å².